The second-order valence-electron chi connectivity index (χ2n) is 3.57. The Bertz CT molecular complexity index is 64.4. The van der Waals surface area contributed by atoms with E-state index in [4.69, 9.17) is 0 Å². The molecule has 0 aromatic carbocycles. The van der Waals surface area contributed by atoms with Crippen LogP contribution in [0.2, 0.25) is 0 Å². The highest BCUT2D eigenvalue weighted by Crippen LogP contribution is 2.13. The van der Waals surface area contributed by atoms with Crippen molar-refractivity contribution in [2.24, 2.45) is 11.8 Å². The summed E-state index contributed by atoms with van der Waals surface area (Å²) in [5, 5.41) is 0. The zero-order chi connectivity index (χ0) is 7.98. The molecule has 0 nitrogen and oxygen atoms in total. The molecule has 0 N–H and O–H groups in total. The third kappa shape index (κ3) is 6.12. The van der Waals surface area contributed by atoms with Crippen molar-refractivity contribution in [1.29, 1.82) is 0 Å². The molecular formula is C10H21. The summed E-state index contributed by atoms with van der Waals surface area (Å²) >= 11 is 0. The van der Waals surface area contributed by atoms with Crippen molar-refractivity contribution >= 4 is 0 Å². The monoisotopic (exact) mass is 141 g/mol. The Morgan fingerprint density at radius 2 is 1.80 bits per heavy atom. The third-order valence-electron chi connectivity index (χ3n) is 1.99. The van der Waals surface area contributed by atoms with E-state index in [2.05, 4.69) is 34.1 Å². The Labute approximate surface area is 66.0 Å². The largest absolute Gasteiger partial charge is 0.0651 e. The van der Waals surface area contributed by atoms with Crippen LogP contribution in [0.5, 0.6) is 0 Å². The summed E-state index contributed by atoms with van der Waals surface area (Å²) < 4.78 is 0. The zero-order valence-electron chi connectivity index (χ0n) is 7.85. The summed E-state index contributed by atoms with van der Waals surface area (Å²) in [4.78, 5) is 0. The topological polar surface area (TPSA) is 0 Å². The first-order valence-corrected chi connectivity index (χ1v) is 4.50. The molecule has 0 heteroatoms. The van der Waals surface area contributed by atoms with Gasteiger partial charge in [0.25, 0.3) is 0 Å². The minimum Gasteiger partial charge on any atom is -0.0651 e. The molecule has 0 aromatic heterocycles. The molecule has 0 amide bonds. The molecule has 0 rings (SSSR count). The van der Waals surface area contributed by atoms with Crippen LogP contribution in [0.15, 0.2) is 0 Å². The lowest BCUT2D eigenvalue weighted by atomic mass is 9.98. The molecule has 1 unspecified atom stereocenters. The average molecular weight is 141 g/mol. The number of hydrogen-bond donors (Lipinski definition) is 0. The van der Waals surface area contributed by atoms with Gasteiger partial charge in [-0.05, 0) is 24.7 Å². The van der Waals surface area contributed by atoms with Gasteiger partial charge in [-0.3, -0.25) is 0 Å². The quantitative estimate of drug-likeness (QED) is 0.548. The maximum absolute atomic E-state index is 2.41. The molecule has 0 heterocycles. The Morgan fingerprint density at radius 1 is 1.20 bits per heavy atom. The van der Waals surface area contributed by atoms with E-state index in [9.17, 15) is 0 Å². The lowest BCUT2D eigenvalue weighted by molar-refractivity contribution is 0.499. The van der Waals surface area contributed by atoms with Gasteiger partial charge in [0.15, 0.2) is 0 Å². The van der Waals surface area contributed by atoms with E-state index in [-0.39, 0.29) is 0 Å². The van der Waals surface area contributed by atoms with Crippen molar-refractivity contribution in [2.45, 2.75) is 47.0 Å². The zero-order valence-corrected chi connectivity index (χ0v) is 7.85. The second-order valence-corrected chi connectivity index (χ2v) is 3.57. The molecule has 0 aromatic rings. The van der Waals surface area contributed by atoms with Gasteiger partial charge in [0, 0.05) is 0 Å². The highest BCUT2D eigenvalue weighted by Gasteiger charge is 1.99. The fraction of sp³-hybridized carbons (Fsp3) is 0.900. The first-order chi connectivity index (χ1) is 4.66. The molecular weight excluding hydrogens is 120 g/mol. The summed E-state index contributed by atoms with van der Waals surface area (Å²) in [6.07, 6.45) is 6.40. The maximum Gasteiger partial charge on any atom is -0.0360 e. The smallest absolute Gasteiger partial charge is 0.0360 e. The predicted octanol–water partition coefficient (Wildman–Crippen LogP) is 3.67. The van der Waals surface area contributed by atoms with Gasteiger partial charge in [-0.2, -0.15) is 0 Å². The highest BCUT2D eigenvalue weighted by molar-refractivity contribution is 4.69. The fourth-order valence-corrected chi connectivity index (χ4v) is 0.918. The molecule has 10 heavy (non-hydrogen) atoms. The van der Waals surface area contributed by atoms with Gasteiger partial charge in [-0.15, -0.1) is 0 Å². The summed E-state index contributed by atoms with van der Waals surface area (Å²) in [6, 6.07) is 0. The van der Waals surface area contributed by atoms with Crippen LogP contribution in [0.25, 0.3) is 0 Å². The minimum atomic E-state index is 0.768. The number of rotatable bonds is 5. The fourth-order valence-electron chi connectivity index (χ4n) is 0.918. The molecule has 0 saturated heterocycles. The van der Waals surface area contributed by atoms with Gasteiger partial charge in [0.1, 0.15) is 0 Å². The van der Waals surface area contributed by atoms with Crippen LogP contribution in [-0.4, -0.2) is 0 Å². The highest BCUT2D eigenvalue weighted by atomic mass is 14.0. The summed E-state index contributed by atoms with van der Waals surface area (Å²) in [6.45, 7) is 9.08. The van der Waals surface area contributed by atoms with Gasteiger partial charge < -0.3 is 0 Å². The number of hydrogen-bond acceptors (Lipinski definition) is 0. The van der Waals surface area contributed by atoms with Crippen molar-refractivity contribution in [1.82, 2.24) is 0 Å². The molecule has 0 aliphatic rings. The van der Waals surface area contributed by atoms with Crippen LogP contribution in [0.3, 0.4) is 0 Å². The average Bonchev–Trinajstić information content (AvgIpc) is 1.87. The third-order valence-corrected chi connectivity index (χ3v) is 1.99. The Kier molecular flexibility index (Phi) is 5.76. The van der Waals surface area contributed by atoms with Crippen LogP contribution < -0.4 is 0 Å². The van der Waals surface area contributed by atoms with Gasteiger partial charge in [-0.1, -0.05) is 40.5 Å². The summed E-state index contributed by atoms with van der Waals surface area (Å²) in [7, 11) is 0. The van der Waals surface area contributed by atoms with Crippen LogP contribution in [0.4, 0.5) is 0 Å². The molecule has 0 saturated carbocycles. The predicted molar refractivity (Wildman–Crippen MR) is 47.8 cm³/mol. The first-order valence-electron chi connectivity index (χ1n) is 4.50. The maximum atomic E-state index is 2.41. The van der Waals surface area contributed by atoms with Crippen LogP contribution in [0.1, 0.15) is 47.0 Å². The van der Waals surface area contributed by atoms with Gasteiger partial charge in [0.05, 0.1) is 0 Å². The molecule has 0 aliphatic heterocycles. The SMILES string of the molecule is CCC(C)CC[CH]C(C)C. The van der Waals surface area contributed by atoms with Gasteiger partial charge in [-0.25, -0.2) is 0 Å². The molecule has 0 aliphatic carbocycles. The molecule has 0 bridgehead atoms. The van der Waals surface area contributed by atoms with Crippen molar-refractivity contribution in [2.75, 3.05) is 0 Å². The Morgan fingerprint density at radius 3 is 2.20 bits per heavy atom. The van der Waals surface area contributed by atoms with Gasteiger partial charge >= 0.3 is 0 Å². The lowest BCUT2D eigenvalue weighted by Crippen LogP contribution is -1.94. The van der Waals surface area contributed by atoms with E-state index < -0.39 is 0 Å². The minimum absolute atomic E-state index is 0.768. The van der Waals surface area contributed by atoms with E-state index in [1.54, 1.807) is 0 Å². The van der Waals surface area contributed by atoms with Gasteiger partial charge in [0.2, 0.25) is 0 Å². The molecule has 1 atom stereocenters. The van der Waals surface area contributed by atoms with E-state index >= 15 is 0 Å². The molecule has 0 spiro atoms. The second kappa shape index (κ2) is 5.76. The van der Waals surface area contributed by atoms with Crippen molar-refractivity contribution in [3.05, 3.63) is 6.42 Å². The normalized spacial score (nSPS) is 14.1. The van der Waals surface area contributed by atoms with Crippen molar-refractivity contribution in [3.8, 4) is 0 Å². The van der Waals surface area contributed by atoms with Crippen LogP contribution in [0, 0.1) is 18.3 Å². The lowest BCUT2D eigenvalue weighted by Gasteiger charge is -2.08. The van der Waals surface area contributed by atoms with E-state index in [1.165, 1.54) is 19.3 Å². The van der Waals surface area contributed by atoms with E-state index in [1.807, 2.05) is 0 Å². The first kappa shape index (κ1) is 10.0. The Balaban J connectivity index is 3.03. The standard InChI is InChI=1S/C10H21/c1-5-10(4)8-6-7-9(2)3/h7,9-10H,5-6,8H2,1-4H3. The van der Waals surface area contributed by atoms with Crippen LogP contribution in [-0.2, 0) is 0 Å². The molecule has 61 valence electrons. The van der Waals surface area contributed by atoms with Crippen LogP contribution >= 0.6 is 0 Å². The van der Waals surface area contributed by atoms with E-state index in [0.29, 0.717) is 0 Å². The van der Waals surface area contributed by atoms with E-state index in [0.717, 1.165) is 11.8 Å². The van der Waals surface area contributed by atoms with Crippen molar-refractivity contribution in [3.63, 3.8) is 0 Å². The summed E-state index contributed by atoms with van der Waals surface area (Å²) in [5.41, 5.74) is 0. The van der Waals surface area contributed by atoms with Crippen molar-refractivity contribution < 1.29 is 0 Å². The molecule has 1 radical (unpaired) electrons. The molecule has 0 fully saturated rings. The Hall–Kier alpha value is 0. The summed E-state index contributed by atoms with van der Waals surface area (Å²) in [5.74, 6) is 1.68.